The van der Waals surface area contributed by atoms with Gasteiger partial charge in [0.05, 0.1) is 5.54 Å². The van der Waals surface area contributed by atoms with E-state index in [0.29, 0.717) is 0 Å². The molecule has 1 atom stereocenters. The summed E-state index contributed by atoms with van der Waals surface area (Å²) < 4.78 is 27.4. The van der Waals surface area contributed by atoms with E-state index in [-0.39, 0.29) is 5.88 Å². The van der Waals surface area contributed by atoms with Gasteiger partial charge in [-0.1, -0.05) is 30.3 Å². The minimum Gasteiger partial charge on any atom is -0.195 e. The monoisotopic (exact) mass is 276 g/mol. The highest BCUT2D eigenvalue weighted by molar-refractivity contribution is 7.87. The van der Waals surface area contributed by atoms with Crippen molar-refractivity contribution in [2.75, 3.05) is 20.0 Å². The number of alkyl halides is 1. The molecule has 0 radical (unpaired) electrons. The molecule has 0 aromatic heterocycles. The average Bonchev–Trinajstić information content (AvgIpc) is 2.29. The topological polar surface area (TPSA) is 49.4 Å². The van der Waals surface area contributed by atoms with E-state index >= 15 is 0 Å². The van der Waals surface area contributed by atoms with Crippen LogP contribution in [0.1, 0.15) is 12.5 Å². The third-order valence-corrected chi connectivity index (χ3v) is 4.72. The maximum Gasteiger partial charge on any atom is 0.279 e. The molecule has 0 bridgehead atoms. The minimum absolute atomic E-state index is 0.157. The van der Waals surface area contributed by atoms with Crippen LogP contribution in [0.2, 0.25) is 0 Å². The lowest BCUT2D eigenvalue weighted by atomic mass is 9.96. The summed E-state index contributed by atoms with van der Waals surface area (Å²) in [7, 11) is -0.569. The van der Waals surface area contributed by atoms with E-state index in [0.717, 1.165) is 9.87 Å². The van der Waals surface area contributed by atoms with Crippen LogP contribution >= 0.6 is 11.6 Å². The van der Waals surface area contributed by atoms with Crippen LogP contribution in [0.5, 0.6) is 0 Å². The van der Waals surface area contributed by atoms with Gasteiger partial charge in [-0.3, -0.25) is 0 Å². The summed E-state index contributed by atoms with van der Waals surface area (Å²) in [4.78, 5) is 0. The van der Waals surface area contributed by atoms with Crippen molar-refractivity contribution in [1.29, 1.82) is 0 Å². The zero-order chi connectivity index (χ0) is 13.1. The quantitative estimate of drug-likeness (QED) is 0.830. The van der Waals surface area contributed by atoms with Crippen LogP contribution in [0.15, 0.2) is 30.3 Å². The van der Waals surface area contributed by atoms with Gasteiger partial charge in [-0.25, -0.2) is 0 Å². The number of hydrogen-bond acceptors (Lipinski definition) is 2. The molecule has 0 fully saturated rings. The molecule has 0 saturated heterocycles. The molecule has 0 saturated carbocycles. The Bertz CT molecular complexity index is 462. The van der Waals surface area contributed by atoms with Crippen molar-refractivity contribution in [1.82, 2.24) is 9.03 Å². The molecule has 1 aromatic rings. The number of hydrogen-bond donors (Lipinski definition) is 1. The van der Waals surface area contributed by atoms with Crippen molar-refractivity contribution < 1.29 is 8.42 Å². The van der Waals surface area contributed by atoms with Gasteiger partial charge in [0.25, 0.3) is 10.2 Å². The van der Waals surface area contributed by atoms with Crippen molar-refractivity contribution in [2.45, 2.75) is 12.5 Å². The van der Waals surface area contributed by atoms with Crippen molar-refractivity contribution in [2.24, 2.45) is 0 Å². The predicted octanol–water partition coefficient (Wildman–Crippen LogP) is 1.54. The van der Waals surface area contributed by atoms with Gasteiger partial charge < -0.3 is 0 Å². The van der Waals surface area contributed by atoms with Crippen LogP contribution in [-0.4, -0.2) is 32.7 Å². The largest absolute Gasteiger partial charge is 0.279 e. The van der Waals surface area contributed by atoms with Gasteiger partial charge in [0.1, 0.15) is 0 Å². The van der Waals surface area contributed by atoms with Crippen LogP contribution in [0.25, 0.3) is 0 Å². The third kappa shape index (κ3) is 3.42. The first-order valence-corrected chi connectivity index (χ1v) is 7.12. The lowest BCUT2D eigenvalue weighted by Gasteiger charge is -2.30. The van der Waals surface area contributed by atoms with Gasteiger partial charge in [-0.15, -0.1) is 11.6 Å². The van der Waals surface area contributed by atoms with Gasteiger partial charge in [-0.05, 0) is 12.5 Å². The zero-order valence-corrected chi connectivity index (χ0v) is 11.7. The molecule has 17 heavy (non-hydrogen) atoms. The number of halogens is 1. The Labute approximate surface area is 108 Å². The Morgan fingerprint density at radius 3 is 2.24 bits per heavy atom. The fourth-order valence-corrected chi connectivity index (χ4v) is 2.59. The third-order valence-electron chi connectivity index (χ3n) is 2.51. The Morgan fingerprint density at radius 2 is 1.82 bits per heavy atom. The Morgan fingerprint density at radius 1 is 1.29 bits per heavy atom. The summed E-state index contributed by atoms with van der Waals surface area (Å²) in [6.07, 6.45) is 0. The predicted molar refractivity (Wildman–Crippen MR) is 70.3 cm³/mol. The van der Waals surface area contributed by atoms with Crippen LogP contribution in [-0.2, 0) is 15.7 Å². The van der Waals surface area contributed by atoms with Crippen molar-refractivity contribution in [3.8, 4) is 0 Å². The molecule has 4 nitrogen and oxygen atoms in total. The second-order valence-electron chi connectivity index (χ2n) is 4.22. The molecular weight excluding hydrogens is 260 g/mol. The SMILES string of the molecule is CN(C)S(=O)(=O)NC(C)(CCl)c1ccccc1. The molecule has 1 unspecified atom stereocenters. The first-order chi connectivity index (χ1) is 7.82. The van der Waals surface area contributed by atoms with E-state index < -0.39 is 15.7 Å². The molecule has 1 aromatic carbocycles. The highest BCUT2D eigenvalue weighted by atomic mass is 35.5. The molecule has 1 N–H and O–H groups in total. The summed E-state index contributed by atoms with van der Waals surface area (Å²) in [5, 5.41) is 0. The normalized spacial score (nSPS) is 15.8. The second-order valence-corrected chi connectivity index (χ2v) is 6.37. The van der Waals surface area contributed by atoms with Crippen LogP contribution < -0.4 is 4.72 Å². The summed E-state index contributed by atoms with van der Waals surface area (Å²) in [5.74, 6) is 0.157. The first-order valence-electron chi connectivity index (χ1n) is 5.15. The highest BCUT2D eigenvalue weighted by Gasteiger charge is 2.31. The van der Waals surface area contributed by atoms with Gasteiger partial charge in [-0.2, -0.15) is 17.4 Å². The van der Waals surface area contributed by atoms with E-state index in [2.05, 4.69) is 4.72 Å². The lowest BCUT2D eigenvalue weighted by molar-refractivity contribution is 0.441. The van der Waals surface area contributed by atoms with Crippen LogP contribution in [0.3, 0.4) is 0 Å². The zero-order valence-electron chi connectivity index (χ0n) is 10.1. The first kappa shape index (κ1) is 14.4. The summed E-state index contributed by atoms with van der Waals surface area (Å²) in [5.41, 5.74) is 0.0202. The van der Waals surface area contributed by atoms with Gasteiger partial charge in [0, 0.05) is 20.0 Å². The van der Waals surface area contributed by atoms with Gasteiger partial charge in [0.2, 0.25) is 0 Å². The van der Waals surface area contributed by atoms with E-state index in [1.807, 2.05) is 30.3 Å². The maximum absolute atomic E-state index is 11.8. The lowest BCUT2D eigenvalue weighted by Crippen LogP contribution is -2.49. The van der Waals surface area contributed by atoms with Gasteiger partial charge in [0.15, 0.2) is 0 Å². The summed E-state index contributed by atoms with van der Waals surface area (Å²) >= 11 is 5.91. The molecule has 0 aliphatic carbocycles. The second kappa shape index (κ2) is 5.35. The van der Waals surface area contributed by atoms with Gasteiger partial charge >= 0.3 is 0 Å². The maximum atomic E-state index is 11.8. The average molecular weight is 277 g/mol. The highest BCUT2D eigenvalue weighted by Crippen LogP contribution is 2.23. The Balaban J connectivity index is 3.07. The summed E-state index contributed by atoms with van der Waals surface area (Å²) in [6, 6.07) is 9.27. The standard InChI is InChI=1S/C11H17ClN2O2S/c1-11(9-12,10-7-5-4-6-8-10)13-17(15,16)14(2)3/h4-8,13H,9H2,1-3H3. The van der Waals surface area contributed by atoms with E-state index in [4.69, 9.17) is 11.6 Å². The van der Waals surface area contributed by atoms with Crippen molar-refractivity contribution in [3.63, 3.8) is 0 Å². The van der Waals surface area contributed by atoms with Crippen LogP contribution in [0.4, 0.5) is 0 Å². The smallest absolute Gasteiger partial charge is 0.195 e. The number of rotatable bonds is 5. The van der Waals surface area contributed by atoms with Crippen molar-refractivity contribution in [3.05, 3.63) is 35.9 Å². The number of nitrogens with one attached hydrogen (secondary N) is 1. The van der Waals surface area contributed by atoms with E-state index in [1.165, 1.54) is 14.1 Å². The fourth-order valence-electron chi connectivity index (χ4n) is 1.35. The Kier molecular flexibility index (Phi) is 4.55. The van der Waals surface area contributed by atoms with Crippen LogP contribution in [0, 0.1) is 0 Å². The number of nitrogens with zero attached hydrogens (tertiary/aromatic N) is 1. The van der Waals surface area contributed by atoms with E-state index in [9.17, 15) is 8.42 Å². The molecule has 0 aliphatic rings. The fraction of sp³-hybridized carbons (Fsp3) is 0.455. The minimum atomic E-state index is -3.52. The molecule has 0 amide bonds. The molecule has 0 spiro atoms. The number of benzene rings is 1. The molecule has 0 heterocycles. The molecule has 0 aliphatic heterocycles. The summed E-state index contributed by atoms with van der Waals surface area (Å²) in [6.45, 7) is 1.76. The van der Waals surface area contributed by atoms with E-state index in [1.54, 1.807) is 6.92 Å². The van der Waals surface area contributed by atoms with Crippen molar-refractivity contribution >= 4 is 21.8 Å². The molecule has 1 rings (SSSR count). The molecular formula is C11H17ClN2O2S. The molecule has 6 heteroatoms. The molecule has 96 valence electrons. The Hall–Kier alpha value is -0.620.